The summed E-state index contributed by atoms with van der Waals surface area (Å²) in [4.78, 5) is 5.15. The van der Waals surface area contributed by atoms with Gasteiger partial charge in [-0.2, -0.15) is 0 Å². The summed E-state index contributed by atoms with van der Waals surface area (Å²) in [5.74, 6) is 0.959. The SMILES string of the molecule is COc1ccc(-c2nc(CCl)co2)s1. The van der Waals surface area contributed by atoms with Crippen molar-refractivity contribution in [1.82, 2.24) is 4.98 Å². The van der Waals surface area contributed by atoms with Crippen LogP contribution in [0.15, 0.2) is 22.8 Å². The first-order valence-corrected chi connectivity index (χ1v) is 5.33. The monoisotopic (exact) mass is 229 g/mol. The van der Waals surface area contributed by atoms with Crippen molar-refractivity contribution in [3.63, 3.8) is 0 Å². The Hall–Kier alpha value is -1.00. The molecular weight excluding hydrogens is 222 g/mol. The summed E-state index contributed by atoms with van der Waals surface area (Å²) in [6, 6.07) is 3.79. The van der Waals surface area contributed by atoms with Gasteiger partial charge in [0.25, 0.3) is 0 Å². The third kappa shape index (κ3) is 1.76. The molecule has 0 saturated carbocycles. The van der Waals surface area contributed by atoms with Crippen LogP contribution in [0.4, 0.5) is 0 Å². The highest BCUT2D eigenvalue weighted by Crippen LogP contribution is 2.32. The van der Waals surface area contributed by atoms with Crippen LogP contribution in [0.1, 0.15) is 5.69 Å². The van der Waals surface area contributed by atoms with Gasteiger partial charge in [-0.05, 0) is 12.1 Å². The van der Waals surface area contributed by atoms with E-state index < -0.39 is 0 Å². The Morgan fingerprint density at radius 3 is 3.00 bits per heavy atom. The second-order valence-corrected chi connectivity index (χ2v) is 3.91. The Bertz CT molecular complexity index is 384. The lowest BCUT2D eigenvalue weighted by Crippen LogP contribution is -1.76. The second-order valence-electron chi connectivity index (χ2n) is 2.60. The number of rotatable bonds is 3. The van der Waals surface area contributed by atoms with E-state index in [1.54, 1.807) is 13.4 Å². The molecule has 0 aromatic carbocycles. The smallest absolute Gasteiger partial charge is 0.236 e. The van der Waals surface area contributed by atoms with Crippen LogP contribution in [0.3, 0.4) is 0 Å². The van der Waals surface area contributed by atoms with Crippen molar-refractivity contribution in [3.05, 3.63) is 24.1 Å². The highest BCUT2D eigenvalue weighted by atomic mass is 35.5. The molecule has 0 aliphatic rings. The molecule has 0 aliphatic carbocycles. The van der Waals surface area contributed by atoms with Gasteiger partial charge in [-0.3, -0.25) is 0 Å². The van der Waals surface area contributed by atoms with Crippen molar-refractivity contribution in [3.8, 4) is 15.8 Å². The van der Waals surface area contributed by atoms with E-state index in [1.165, 1.54) is 11.3 Å². The summed E-state index contributed by atoms with van der Waals surface area (Å²) < 4.78 is 10.3. The molecule has 0 unspecified atom stereocenters. The normalized spacial score (nSPS) is 10.4. The van der Waals surface area contributed by atoms with Crippen molar-refractivity contribution in [2.45, 2.75) is 5.88 Å². The van der Waals surface area contributed by atoms with E-state index in [1.807, 2.05) is 12.1 Å². The molecule has 2 aromatic rings. The van der Waals surface area contributed by atoms with E-state index in [0.29, 0.717) is 11.8 Å². The molecule has 0 radical (unpaired) electrons. The molecule has 0 N–H and O–H groups in total. The topological polar surface area (TPSA) is 35.3 Å². The van der Waals surface area contributed by atoms with Gasteiger partial charge in [0, 0.05) is 0 Å². The second kappa shape index (κ2) is 4.02. The molecule has 2 heterocycles. The summed E-state index contributed by atoms with van der Waals surface area (Å²) in [7, 11) is 1.63. The number of nitrogens with zero attached hydrogens (tertiary/aromatic N) is 1. The Kier molecular flexibility index (Phi) is 2.74. The maximum atomic E-state index is 5.62. The van der Waals surface area contributed by atoms with Crippen LogP contribution in [0.2, 0.25) is 0 Å². The van der Waals surface area contributed by atoms with Gasteiger partial charge in [0.1, 0.15) is 6.26 Å². The molecule has 0 saturated heterocycles. The molecule has 0 aliphatic heterocycles. The van der Waals surface area contributed by atoms with Crippen LogP contribution in [0.5, 0.6) is 5.06 Å². The van der Waals surface area contributed by atoms with Crippen LogP contribution >= 0.6 is 22.9 Å². The summed E-state index contributed by atoms with van der Waals surface area (Å²) in [6.07, 6.45) is 1.56. The third-order valence-corrected chi connectivity index (χ3v) is 2.99. The average molecular weight is 230 g/mol. The number of hydrogen-bond donors (Lipinski definition) is 0. The maximum absolute atomic E-state index is 5.62. The van der Waals surface area contributed by atoms with Crippen LogP contribution in [-0.4, -0.2) is 12.1 Å². The molecule has 74 valence electrons. The zero-order valence-corrected chi connectivity index (χ0v) is 9.06. The first-order valence-electron chi connectivity index (χ1n) is 3.98. The van der Waals surface area contributed by atoms with Crippen LogP contribution in [-0.2, 0) is 5.88 Å². The van der Waals surface area contributed by atoms with Gasteiger partial charge in [0.2, 0.25) is 5.89 Å². The number of alkyl halides is 1. The number of ether oxygens (including phenoxy) is 1. The zero-order valence-electron chi connectivity index (χ0n) is 7.49. The molecule has 3 nitrogen and oxygen atoms in total. The number of hydrogen-bond acceptors (Lipinski definition) is 4. The van der Waals surface area contributed by atoms with Gasteiger partial charge in [-0.1, -0.05) is 11.3 Å². The zero-order chi connectivity index (χ0) is 9.97. The molecule has 0 atom stereocenters. The van der Waals surface area contributed by atoms with Gasteiger partial charge in [-0.15, -0.1) is 11.6 Å². The van der Waals surface area contributed by atoms with Crippen molar-refractivity contribution in [2.24, 2.45) is 0 Å². The molecule has 5 heteroatoms. The molecule has 2 rings (SSSR count). The molecule has 0 spiro atoms. The average Bonchev–Trinajstić information content (AvgIpc) is 2.86. The van der Waals surface area contributed by atoms with E-state index in [0.717, 1.165) is 15.6 Å². The minimum atomic E-state index is 0.367. The largest absolute Gasteiger partial charge is 0.487 e. The predicted octanol–water partition coefficient (Wildman–Crippen LogP) is 3.15. The quantitative estimate of drug-likeness (QED) is 0.759. The van der Waals surface area contributed by atoms with Gasteiger partial charge in [-0.25, -0.2) is 4.98 Å². The highest BCUT2D eigenvalue weighted by Gasteiger charge is 2.08. The number of thiophene rings is 1. The Morgan fingerprint density at radius 1 is 1.57 bits per heavy atom. The van der Waals surface area contributed by atoms with Gasteiger partial charge in [0.05, 0.1) is 23.6 Å². The van der Waals surface area contributed by atoms with Gasteiger partial charge >= 0.3 is 0 Å². The van der Waals surface area contributed by atoms with Gasteiger partial charge < -0.3 is 9.15 Å². The lowest BCUT2D eigenvalue weighted by atomic mass is 10.4. The number of halogens is 1. The predicted molar refractivity (Wildman–Crippen MR) is 55.9 cm³/mol. The number of methoxy groups -OCH3 is 1. The van der Waals surface area contributed by atoms with E-state index in [9.17, 15) is 0 Å². The molecule has 14 heavy (non-hydrogen) atoms. The Balaban J connectivity index is 2.29. The third-order valence-electron chi connectivity index (χ3n) is 1.68. The summed E-state index contributed by atoms with van der Waals surface area (Å²) >= 11 is 7.10. The van der Waals surface area contributed by atoms with Crippen LogP contribution in [0.25, 0.3) is 10.8 Å². The van der Waals surface area contributed by atoms with Crippen molar-refractivity contribution in [1.29, 1.82) is 0 Å². The molecule has 0 bridgehead atoms. The lowest BCUT2D eigenvalue weighted by Gasteiger charge is -1.89. The van der Waals surface area contributed by atoms with E-state index in [4.69, 9.17) is 20.8 Å². The van der Waals surface area contributed by atoms with E-state index >= 15 is 0 Å². The van der Waals surface area contributed by atoms with Crippen molar-refractivity contribution < 1.29 is 9.15 Å². The lowest BCUT2D eigenvalue weighted by molar-refractivity contribution is 0.427. The fraction of sp³-hybridized carbons (Fsp3) is 0.222. The number of oxazole rings is 1. The maximum Gasteiger partial charge on any atom is 0.236 e. The first-order chi connectivity index (χ1) is 6.83. The Morgan fingerprint density at radius 2 is 2.43 bits per heavy atom. The summed E-state index contributed by atoms with van der Waals surface area (Å²) in [5, 5.41) is 0.839. The highest BCUT2D eigenvalue weighted by molar-refractivity contribution is 7.17. The molecule has 0 amide bonds. The standard InChI is InChI=1S/C9H8ClNO2S/c1-12-8-3-2-7(14-8)9-11-6(4-10)5-13-9/h2-3,5H,4H2,1H3. The first kappa shape index (κ1) is 9.55. The van der Waals surface area contributed by atoms with Crippen molar-refractivity contribution in [2.75, 3.05) is 7.11 Å². The fourth-order valence-electron chi connectivity index (χ4n) is 1.03. The van der Waals surface area contributed by atoms with Crippen molar-refractivity contribution >= 4 is 22.9 Å². The van der Waals surface area contributed by atoms with Gasteiger partial charge in [0.15, 0.2) is 5.06 Å². The minimum absolute atomic E-state index is 0.367. The molecular formula is C9H8ClNO2S. The van der Waals surface area contributed by atoms with Crippen LogP contribution < -0.4 is 4.74 Å². The molecule has 0 fully saturated rings. The summed E-state index contributed by atoms with van der Waals surface area (Å²) in [5.41, 5.74) is 0.744. The summed E-state index contributed by atoms with van der Waals surface area (Å²) in [6.45, 7) is 0. The Labute approximate surface area is 90.3 Å². The number of aromatic nitrogens is 1. The van der Waals surface area contributed by atoms with E-state index in [2.05, 4.69) is 4.98 Å². The fourth-order valence-corrected chi connectivity index (χ4v) is 1.90. The minimum Gasteiger partial charge on any atom is -0.487 e. The van der Waals surface area contributed by atoms with Crippen LogP contribution in [0, 0.1) is 0 Å². The molecule has 2 aromatic heterocycles. The van der Waals surface area contributed by atoms with E-state index in [-0.39, 0.29) is 0 Å².